The van der Waals surface area contributed by atoms with Gasteiger partial charge in [-0.1, -0.05) is 35.7 Å². The fraction of sp³-hybridized carbons (Fsp3) is 0.429. The number of likely N-dealkylation sites (tertiary alicyclic amines) is 1. The summed E-state index contributed by atoms with van der Waals surface area (Å²) in [6.07, 6.45) is 5.25. The van der Waals surface area contributed by atoms with E-state index in [1.54, 1.807) is 20.3 Å². The Morgan fingerprint density at radius 2 is 1.87 bits per heavy atom. The summed E-state index contributed by atoms with van der Waals surface area (Å²) in [5, 5.41) is 22.1. The van der Waals surface area contributed by atoms with E-state index in [-0.39, 0.29) is 28.5 Å². The molecule has 1 N–H and O–H groups in total. The molecule has 0 saturated carbocycles. The molecular weight excluding hydrogens is 467 g/mol. The van der Waals surface area contributed by atoms with E-state index in [4.69, 9.17) is 32.7 Å². The third kappa shape index (κ3) is 5.66. The third-order valence-corrected chi connectivity index (χ3v) is 6.13. The van der Waals surface area contributed by atoms with E-state index in [1.807, 2.05) is 17.0 Å². The molecule has 1 aliphatic heterocycles. The maximum Gasteiger partial charge on any atom is 0.241 e. The minimum atomic E-state index is -1.10. The molecule has 1 fully saturated rings. The first-order valence-electron chi connectivity index (χ1n) is 9.62. The predicted molar refractivity (Wildman–Crippen MR) is 116 cm³/mol. The number of aromatic nitrogens is 1. The van der Waals surface area contributed by atoms with Crippen molar-refractivity contribution >= 4 is 41.6 Å². The predicted octanol–water partition coefficient (Wildman–Crippen LogP) is 2.85. The number of hydrogen-bond acceptors (Lipinski definition) is 6. The lowest BCUT2D eigenvalue weighted by atomic mass is 9.92. The van der Waals surface area contributed by atoms with Crippen LogP contribution in [0, 0.1) is 0 Å². The quantitative estimate of drug-likeness (QED) is 0.473. The number of piperidine rings is 1. The molecule has 1 saturated heterocycles. The summed E-state index contributed by atoms with van der Waals surface area (Å²) < 4.78 is 11.6. The van der Waals surface area contributed by atoms with Gasteiger partial charge in [-0.05, 0) is 43.5 Å². The summed E-state index contributed by atoms with van der Waals surface area (Å²) in [6.45, 7) is 0.597. The number of pyridine rings is 1. The Morgan fingerprint density at radius 1 is 1.23 bits per heavy atom. The monoisotopic (exact) mass is 490 g/mol. The van der Waals surface area contributed by atoms with Gasteiger partial charge in [0.2, 0.25) is 12.4 Å². The van der Waals surface area contributed by atoms with Crippen molar-refractivity contribution in [2.24, 2.45) is 0 Å². The second-order valence-electron chi connectivity index (χ2n) is 7.22. The average molecular weight is 492 g/mol. The van der Waals surface area contributed by atoms with Crippen molar-refractivity contribution in [2.75, 3.05) is 20.8 Å². The van der Waals surface area contributed by atoms with Gasteiger partial charge >= 0.3 is 0 Å². The van der Waals surface area contributed by atoms with Gasteiger partial charge in [0.25, 0.3) is 0 Å². The maximum atomic E-state index is 11.9. The Labute approximate surface area is 197 Å². The number of nitrogens with zero attached hydrogens (tertiary/aromatic N) is 2. The highest BCUT2D eigenvalue weighted by atomic mass is 35.5. The molecular formula is C21H25Cl3N2O5. The first-order chi connectivity index (χ1) is 14.3. The van der Waals surface area contributed by atoms with Crippen molar-refractivity contribution in [3.63, 3.8) is 0 Å². The van der Waals surface area contributed by atoms with Crippen molar-refractivity contribution in [1.29, 1.82) is 0 Å². The number of rotatable bonds is 7. The highest BCUT2D eigenvalue weighted by Gasteiger charge is 2.33. The van der Waals surface area contributed by atoms with Gasteiger partial charge in [0.1, 0.15) is 10.0 Å². The van der Waals surface area contributed by atoms with Gasteiger partial charge in [0.05, 0.1) is 20.2 Å². The molecule has 0 radical (unpaired) electrons. The van der Waals surface area contributed by atoms with Gasteiger partial charge in [0, 0.05) is 22.4 Å². The SMILES string of the molecule is COc1ccc([C@H](Cc2c(Cl)c[n+](O)cc2Cl)N2CCCC[C@H]2C(=O)[O-])cc1OC.Cl. The van der Waals surface area contributed by atoms with Crippen molar-refractivity contribution in [3.8, 4) is 11.5 Å². The lowest BCUT2D eigenvalue weighted by Gasteiger charge is -2.42. The van der Waals surface area contributed by atoms with E-state index >= 15 is 0 Å². The van der Waals surface area contributed by atoms with Crippen LogP contribution in [0.5, 0.6) is 11.5 Å². The molecule has 10 heteroatoms. The normalized spacial score (nSPS) is 17.5. The van der Waals surface area contributed by atoms with Crippen LogP contribution >= 0.6 is 35.6 Å². The topological polar surface area (TPSA) is 85.9 Å². The van der Waals surface area contributed by atoms with Crippen LogP contribution in [0.25, 0.3) is 0 Å². The van der Waals surface area contributed by atoms with E-state index in [2.05, 4.69) is 0 Å². The summed E-state index contributed by atoms with van der Waals surface area (Å²) in [6, 6.07) is 4.43. The minimum absolute atomic E-state index is 0. The van der Waals surface area contributed by atoms with Crippen LogP contribution in [0.15, 0.2) is 30.6 Å². The standard InChI is InChI=1S/C21H24Cl2N2O5.ClH/c1-29-19-7-6-13(9-20(19)30-2)18(25-8-4-3-5-17(25)21(26)27)10-14-15(22)11-24(28)12-16(14)23;/h6-7,9,11-12,17-18H,3-5,8,10H2,1-2H3,(H-,26,27,28);1H/t17-,18-;/m0./s1. The molecule has 2 aromatic rings. The average Bonchev–Trinajstić information content (AvgIpc) is 2.72. The van der Waals surface area contributed by atoms with Crippen LogP contribution in [-0.2, 0) is 11.2 Å². The summed E-state index contributed by atoms with van der Waals surface area (Å²) in [7, 11) is 3.10. The number of halogens is 3. The first-order valence-corrected chi connectivity index (χ1v) is 10.4. The second-order valence-corrected chi connectivity index (χ2v) is 8.03. The van der Waals surface area contributed by atoms with Crippen molar-refractivity contribution in [2.45, 2.75) is 37.8 Å². The number of hydrogen-bond donors (Lipinski definition) is 1. The Morgan fingerprint density at radius 3 is 2.45 bits per heavy atom. The van der Waals surface area contributed by atoms with Gasteiger partial charge in [-0.3, -0.25) is 10.1 Å². The number of benzene rings is 1. The van der Waals surface area contributed by atoms with Gasteiger partial charge in [-0.15, -0.1) is 12.4 Å². The molecule has 0 bridgehead atoms. The number of carboxylic acid groups (broad SMARTS) is 1. The van der Waals surface area contributed by atoms with Gasteiger partial charge in [-0.2, -0.15) is 0 Å². The maximum absolute atomic E-state index is 11.9. The van der Waals surface area contributed by atoms with Crippen LogP contribution in [0.4, 0.5) is 0 Å². The molecule has 0 aliphatic carbocycles. The number of methoxy groups -OCH3 is 2. The first kappa shape index (κ1) is 25.3. The zero-order valence-corrected chi connectivity index (χ0v) is 19.5. The molecule has 170 valence electrons. The highest BCUT2D eigenvalue weighted by molar-refractivity contribution is 6.35. The van der Waals surface area contributed by atoms with Crippen LogP contribution in [-0.4, -0.2) is 42.9 Å². The van der Waals surface area contributed by atoms with Crippen LogP contribution < -0.4 is 19.3 Å². The van der Waals surface area contributed by atoms with Crippen molar-refractivity contribution in [1.82, 2.24) is 4.90 Å². The molecule has 0 unspecified atom stereocenters. The fourth-order valence-corrected chi connectivity index (χ4v) is 4.60. The number of ether oxygens (including phenoxy) is 2. The summed E-state index contributed by atoms with van der Waals surface area (Å²) in [5.74, 6) is 0.0197. The Kier molecular flexibility index (Phi) is 9.06. The van der Waals surface area contributed by atoms with E-state index < -0.39 is 12.0 Å². The Bertz CT molecular complexity index is 905. The Hall–Kier alpha value is -1.93. The summed E-state index contributed by atoms with van der Waals surface area (Å²) >= 11 is 12.7. The fourth-order valence-electron chi connectivity index (χ4n) is 3.99. The second kappa shape index (κ2) is 11.1. The molecule has 2 atom stereocenters. The lowest BCUT2D eigenvalue weighted by Crippen LogP contribution is -2.52. The molecule has 3 rings (SSSR count). The molecule has 31 heavy (non-hydrogen) atoms. The smallest absolute Gasteiger partial charge is 0.241 e. The van der Waals surface area contributed by atoms with Gasteiger partial charge in [0.15, 0.2) is 11.5 Å². The molecule has 1 aromatic carbocycles. The molecule has 7 nitrogen and oxygen atoms in total. The molecule has 0 amide bonds. The molecule has 0 spiro atoms. The van der Waals surface area contributed by atoms with Crippen LogP contribution in [0.2, 0.25) is 10.0 Å². The minimum Gasteiger partial charge on any atom is -0.548 e. The third-order valence-electron chi connectivity index (χ3n) is 5.47. The zero-order chi connectivity index (χ0) is 21.8. The van der Waals surface area contributed by atoms with E-state index in [9.17, 15) is 15.1 Å². The zero-order valence-electron chi connectivity index (χ0n) is 17.2. The van der Waals surface area contributed by atoms with Crippen LogP contribution in [0.1, 0.15) is 36.4 Å². The van der Waals surface area contributed by atoms with Crippen molar-refractivity contribution < 1.29 is 29.3 Å². The van der Waals surface area contributed by atoms with E-state index in [0.717, 1.165) is 23.1 Å². The number of carbonyl (C=O) groups excluding carboxylic acids is 1. The Balaban J connectivity index is 0.00000341. The lowest BCUT2D eigenvalue weighted by molar-refractivity contribution is -0.904. The van der Waals surface area contributed by atoms with Gasteiger partial charge in [-0.25, -0.2) is 0 Å². The van der Waals surface area contributed by atoms with E-state index in [0.29, 0.717) is 36.4 Å². The van der Waals surface area contributed by atoms with Crippen molar-refractivity contribution in [3.05, 3.63) is 51.8 Å². The molecule has 1 aliphatic rings. The summed E-state index contributed by atoms with van der Waals surface area (Å²) in [5.41, 5.74) is 1.46. The highest BCUT2D eigenvalue weighted by Crippen LogP contribution is 2.38. The summed E-state index contributed by atoms with van der Waals surface area (Å²) in [4.78, 5) is 13.8. The largest absolute Gasteiger partial charge is 0.548 e. The number of aliphatic carboxylic acids is 1. The number of carbonyl (C=O) groups is 1. The molecule has 1 aromatic heterocycles. The van der Waals surface area contributed by atoms with Gasteiger partial charge < -0.3 is 19.4 Å². The number of carboxylic acids is 1. The van der Waals surface area contributed by atoms with E-state index in [1.165, 1.54) is 12.4 Å². The van der Waals surface area contributed by atoms with Crippen LogP contribution in [0.3, 0.4) is 0 Å². The molecule has 2 heterocycles.